The average molecular weight is 568 g/mol. The Morgan fingerprint density at radius 2 is 1.88 bits per heavy atom. The molecule has 0 saturated carbocycles. The highest BCUT2D eigenvalue weighted by atomic mass is 19.1. The van der Waals surface area contributed by atoms with Crippen LogP contribution in [0.4, 0.5) is 31.2 Å². The first kappa shape index (κ1) is 28.0. The molecule has 2 aliphatic rings. The molecule has 1 aromatic carbocycles. The predicted octanol–water partition coefficient (Wildman–Crippen LogP) is 5.01. The van der Waals surface area contributed by atoms with E-state index in [1.165, 1.54) is 24.5 Å². The Bertz CT molecular complexity index is 1560. The van der Waals surface area contributed by atoms with Gasteiger partial charge in [0.05, 0.1) is 18.9 Å². The monoisotopic (exact) mass is 567 g/mol. The van der Waals surface area contributed by atoms with Crippen LogP contribution in [0.3, 0.4) is 0 Å². The molecule has 1 fully saturated rings. The lowest BCUT2D eigenvalue weighted by molar-refractivity contribution is -0.118. The van der Waals surface area contributed by atoms with Crippen molar-refractivity contribution in [3.05, 3.63) is 35.9 Å². The lowest BCUT2D eigenvalue weighted by atomic mass is 9.96. The van der Waals surface area contributed by atoms with Crippen molar-refractivity contribution < 1.29 is 37.7 Å². The van der Waals surface area contributed by atoms with Crippen LogP contribution in [-0.2, 0) is 19.0 Å². The number of nitrogens with zero attached hydrogens (tertiary/aromatic N) is 2. The molecular weight excluding hydrogens is 537 g/mol. The van der Waals surface area contributed by atoms with Gasteiger partial charge in [0, 0.05) is 34.8 Å². The Morgan fingerprint density at radius 1 is 1.10 bits per heavy atom. The second kappa shape index (κ2) is 10.8. The van der Waals surface area contributed by atoms with Crippen LogP contribution in [0.1, 0.15) is 33.3 Å². The molecule has 3 aromatic rings. The van der Waals surface area contributed by atoms with Gasteiger partial charge in [-0.2, -0.15) is 0 Å². The molecule has 41 heavy (non-hydrogen) atoms. The number of rotatable bonds is 4. The van der Waals surface area contributed by atoms with Crippen molar-refractivity contribution in [2.75, 3.05) is 35.8 Å². The summed E-state index contributed by atoms with van der Waals surface area (Å²) in [4.78, 5) is 45.7. The van der Waals surface area contributed by atoms with Crippen LogP contribution in [0.2, 0.25) is 0 Å². The van der Waals surface area contributed by atoms with Gasteiger partial charge in [-0.05, 0) is 50.8 Å². The van der Waals surface area contributed by atoms with Crippen molar-refractivity contribution in [1.29, 1.82) is 0 Å². The Kier molecular flexibility index (Phi) is 7.39. The molecule has 0 unspecified atom stereocenters. The van der Waals surface area contributed by atoms with Gasteiger partial charge in [-0.25, -0.2) is 23.9 Å². The summed E-state index contributed by atoms with van der Waals surface area (Å²) >= 11 is 0. The molecule has 0 spiro atoms. The smallest absolute Gasteiger partial charge is 0.413 e. The zero-order valence-corrected chi connectivity index (χ0v) is 23.2. The van der Waals surface area contributed by atoms with E-state index in [-0.39, 0.29) is 53.4 Å². The summed E-state index contributed by atoms with van der Waals surface area (Å²) in [6, 6.07) is 3.07. The Labute approximate surface area is 234 Å². The Morgan fingerprint density at radius 3 is 2.59 bits per heavy atom. The molecule has 1 saturated heterocycles. The highest BCUT2D eigenvalue weighted by Crippen LogP contribution is 2.40. The van der Waals surface area contributed by atoms with Crippen LogP contribution in [0, 0.1) is 18.7 Å². The standard InChI is InChI=1S/C28H30FN5O7/c1-13-10-38-11-19(13)40-26(36)34-24-18-9-30-20(32-27(37)41-28(3,4)5)7-15(18)6-16(22(24)29)17-8-31-25-23(14(17)2)33-21(35)12-39-25/h6-9,13,19H,10-12H2,1-5H3,(H,33,35)(H,34,36)(H,30,32,37)/t13-,19-/m0/s1. The minimum atomic E-state index is -0.860. The number of fused-ring (bicyclic) bond motifs is 2. The number of carbonyl (C=O) groups excluding carboxylic acids is 3. The fraction of sp³-hybridized carbons (Fsp3) is 0.393. The highest BCUT2D eigenvalue weighted by molar-refractivity contribution is 6.05. The number of aromatic nitrogens is 2. The second-order valence-corrected chi connectivity index (χ2v) is 10.9. The van der Waals surface area contributed by atoms with Crippen LogP contribution in [0.15, 0.2) is 24.5 Å². The number of ether oxygens (including phenoxy) is 4. The fourth-order valence-electron chi connectivity index (χ4n) is 4.54. The third kappa shape index (κ3) is 5.99. The van der Waals surface area contributed by atoms with E-state index >= 15 is 4.39 Å². The van der Waals surface area contributed by atoms with Gasteiger partial charge in [0.15, 0.2) is 12.4 Å². The van der Waals surface area contributed by atoms with Gasteiger partial charge in [0.2, 0.25) is 5.88 Å². The van der Waals surface area contributed by atoms with Crippen molar-refractivity contribution in [2.24, 2.45) is 5.92 Å². The van der Waals surface area contributed by atoms with Crippen LogP contribution in [0.25, 0.3) is 21.9 Å². The summed E-state index contributed by atoms with van der Waals surface area (Å²) in [7, 11) is 0. The minimum Gasteiger partial charge on any atom is -0.466 e. The first-order valence-electron chi connectivity index (χ1n) is 13.0. The third-order valence-electron chi connectivity index (χ3n) is 6.57. The van der Waals surface area contributed by atoms with Gasteiger partial charge in [0.1, 0.15) is 23.2 Å². The second-order valence-electron chi connectivity index (χ2n) is 10.9. The lowest BCUT2D eigenvalue weighted by Gasteiger charge is -2.22. The maximum absolute atomic E-state index is 16.3. The number of hydrogen-bond acceptors (Lipinski definition) is 9. The summed E-state index contributed by atoms with van der Waals surface area (Å²) < 4.78 is 37.8. The number of carbonyl (C=O) groups is 3. The summed E-state index contributed by atoms with van der Waals surface area (Å²) in [6.45, 7) is 9.29. The maximum Gasteiger partial charge on any atom is 0.413 e. The minimum absolute atomic E-state index is 0.0153. The van der Waals surface area contributed by atoms with Crippen molar-refractivity contribution in [3.8, 4) is 17.0 Å². The largest absolute Gasteiger partial charge is 0.466 e. The van der Waals surface area contributed by atoms with Gasteiger partial charge in [-0.3, -0.25) is 15.4 Å². The number of nitrogens with one attached hydrogen (secondary N) is 3. The van der Waals surface area contributed by atoms with Crippen LogP contribution >= 0.6 is 0 Å². The number of halogens is 1. The van der Waals surface area contributed by atoms with E-state index in [4.69, 9.17) is 18.9 Å². The molecule has 5 rings (SSSR count). The average Bonchev–Trinajstić information content (AvgIpc) is 3.29. The molecule has 3 amide bonds. The highest BCUT2D eigenvalue weighted by Gasteiger charge is 2.29. The van der Waals surface area contributed by atoms with Crippen molar-refractivity contribution in [3.63, 3.8) is 0 Å². The van der Waals surface area contributed by atoms with E-state index in [0.717, 1.165) is 0 Å². The summed E-state index contributed by atoms with van der Waals surface area (Å²) in [6.07, 6.45) is 0.702. The molecule has 12 nitrogen and oxygen atoms in total. The van der Waals surface area contributed by atoms with Crippen LogP contribution in [0.5, 0.6) is 5.88 Å². The SMILES string of the molecule is Cc1c(-c2cc3cc(NC(=O)OC(C)(C)C)ncc3c(NC(=O)O[C@H]3COC[C@@H]3C)c2F)cnc2c1NC(=O)CO2. The zero-order valence-electron chi connectivity index (χ0n) is 23.2. The van der Waals surface area contributed by atoms with E-state index in [0.29, 0.717) is 28.8 Å². The van der Waals surface area contributed by atoms with Crippen LogP contribution < -0.4 is 20.7 Å². The van der Waals surface area contributed by atoms with E-state index in [1.807, 2.05) is 6.92 Å². The number of pyridine rings is 2. The molecule has 0 bridgehead atoms. The van der Waals surface area contributed by atoms with E-state index in [1.54, 1.807) is 27.7 Å². The lowest BCUT2D eigenvalue weighted by Crippen LogP contribution is -2.27. The third-order valence-corrected chi connectivity index (χ3v) is 6.57. The molecule has 2 aliphatic heterocycles. The van der Waals surface area contributed by atoms with E-state index in [2.05, 4.69) is 25.9 Å². The topological polar surface area (TPSA) is 150 Å². The summed E-state index contributed by atoms with van der Waals surface area (Å²) in [5, 5.41) is 8.51. The number of hydrogen-bond donors (Lipinski definition) is 3. The molecule has 0 radical (unpaired) electrons. The molecule has 13 heteroatoms. The molecular formula is C28H30FN5O7. The molecule has 216 valence electrons. The van der Waals surface area contributed by atoms with Gasteiger partial charge in [0.25, 0.3) is 5.91 Å². The maximum atomic E-state index is 16.3. The number of amides is 3. The van der Waals surface area contributed by atoms with E-state index < -0.39 is 29.7 Å². The Hall–Kier alpha value is -4.52. The number of anilines is 3. The summed E-state index contributed by atoms with van der Waals surface area (Å²) in [5.41, 5.74) is 0.348. The van der Waals surface area contributed by atoms with Gasteiger partial charge < -0.3 is 24.3 Å². The van der Waals surface area contributed by atoms with Gasteiger partial charge in [-0.1, -0.05) is 6.92 Å². The van der Waals surface area contributed by atoms with Gasteiger partial charge >= 0.3 is 12.2 Å². The molecule has 2 atom stereocenters. The molecule has 3 N–H and O–H groups in total. The number of benzene rings is 1. The van der Waals surface area contributed by atoms with Crippen molar-refractivity contribution >= 4 is 46.1 Å². The van der Waals surface area contributed by atoms with Crippen LogP contribution in [-0.4, -0.2) is 59.6 Å². The van der Waals surface area contributed by atoms with Gasteiger partial charge in [-0.15, -0.1) is 0 Å². The molecule has 4 heterocycles. The normalized spacial score (nSPS) is 18.2. The predicted molar refractivity (Wildman–Crippen MR) is 148 cm³/mol. The van der Waals surface area contributed by atoms with Crippen molar-refractivity contribution in [1.82, 2.24) is 9.97 Å². The van der Waals surface area contributed by atoms with E-state index in [9.17, 15) is 14.4 Å². The first-order chi connectivity index (χ1) is 19.4. The quantitative estimate of drug-likeness (QED) is 0.395. The zero-order chi connectivity index (χ0) is 29.5. The summed E-state index contributed by atoms with van der Waals surface area (Å²) in [5.74, 6) is -0.783. The Balaban J connectivity index is 1.58. The van der Waals surface area contributed by atoms with Crippen molar-refractivity contribution in [2.45, 2.75) is 46.3 Å². The fourth-order valence-corrected chi connectivity index (χ4v) is 4.54. The first-order valence-corrected chi connectivity index (χ1v) is 13.0. The molecule has 0 aliphatic carbocycles. The molecule has 2 aromatic heterocycles.